The summed E-state index contributed by atoms with van der Waals surface area (Å²) in [4.78, 5) is -0.146. The van der Waals surface area contributed by atoms with Gasteiger partial charge < -0.3 is 9.47 Å². The molecule has 1 aliphatic carbocycles. The van der Waals surface area contributed by atoms with Gasteiger partial charge in [-0.2, -0.15) is 21.0 Å². The Morgan fingerprint density at radius 2 is 1.36 bits per heavy atom. The molecule has 0 aromatic heterocycles. The zero-order valence-electron chi connectivity index (χ0n) is 12.2. The molecule has 0 radical (unpaired) electrons. The average molecular weight is 361 g/mol. The Labute approximate surface area is 137 Å². The predicted octanol–water partition coefficient (Wildman–Crippen LogP) is 3.00. The van der Waals surface area contributed by atoms with Crippen molar-refractivity contribution in [1.82, 2.24) is 0 Å². The molecule has 0 aromatic carbocycles. The molecule has 6 nitrogen and oxygen atoms in total. The molecule has 0 aromatic rings. The first-order valence-corrected chi connectivity index (χ1v) is 7.69. The molecular formula is C15H13BrN4O2. The highest BCUT2D eigenvalue weighted by Crippen LogP contribution is 2.56. The van der Waals surface area contributed by atoms with Gasteiger partial charge in [-0.3, -0.25) is 0 Å². The Kier molecular flexibility index (Phi) is 3.82. The van der Waals surface area contributed by atoms with Gasteiger partial charge in [0.05, 0.1) is 29.1 Å². The number of alkyl halides is 1. The van der Waals surface area contributed by atoms with Crippen LogP contribution in [0.5, 0.6) is 0 Å². The number of hydrogen-bond donors (Lipinski definition) is 0. The van der Waals surface area contributed by atoms with Crippen molar-refractivity contribution in [2.45, 2.75) is 43.7 Å². The highest BCUT2D eigenvalue weighted by molar-refractivity contribution is 9.09. The lowest BCUT2D eigenvalue weighted by Crippen LogP contribution is -2.41. The Morgan fingerprint density at radius 1 is 1.00 bits per heavy atom. The number of nitriles is 4. The second-order valence-corrected chi connectivity index (χ2v) is 6.82. The van der Waals surface area contributed by atoms with Gasteiger partial charge in [0.15, 0.2) is 10.8 Å². The molecule has 1 aliphatic heterocycles. The standard InChI is InChI=1S/C15H13BrN4O2/c1-3-15(10(2)16)21-11-4-13(6-17,7-18)14(8-19,9-20)5-12(11)22-15/h10H,3-5H2,1-2H3. The Bertz CT molecular complexity index is 619. The number of rotatable bonds is 2. The summed E-state index contributed by atoms with van der Waals surface area (Å²) in [7, 11) is 0. The molecule has 7 heteroatoms. The van der Waals surface area contributed by atoms with E-state index in [4.69, 9.17) is 9.47 Å². The Hall–Kier alpha value is -2.22. The van der Waals surface area contributed by atoms with Crippen molar-refractivity contribution in [3.8, 4) is 24.3 Å². The van der Waals surface area contributed by atoms with Crippen LogP contribution in [0.15, 0.2) is 11.5 Å². The summed E-state index contributed by atoms with van der Waals surface area (Å²) < 4.78 is 11.8. The van der Waals surface area contributed by atoms with Crippen molar-refractivity contribution >= 4 is 15.9 Å². The van der Waals surface area contributed by atoms with Gasteiger partial charge in [0.2, 0.25) is 0 Å². The molecule has 1 heterocycles. The summed E-state index contributed by atoms with van der Waals surface area (Å²) in [6.07, 6.45) is 0.278. The minimum Gasteiger partial charge on any atom is -0.452 e. The summed E-state index contributed by atoms with van der Waals surface area (Å²) in [5.41, 5.74) is -3.53. The number of halogens is 1. The maximum absolute atomic E-state index is 9.45. The highest BCUT2D eigenvalue weighted by atomic mass is 79.9. The Balaban J connectivity index is 2.52. The van der Waals surface area contributed by atoms with Crippen LogP contribution in [0.1, 0.15) is 33.1 Å². The van der Waals surface area contributed by atoms with Gasteiger partial charge in [-0.15, -0.1) is 0 Å². The predicted molar refractivity (Wildman–Crippen MR) is 77.2 cm³/mol. The third-order valence-corrected chi connectivity index (χ3v) is 5.04. The smallest absolute Gasteiger partial charge is 0.262 e. The van der Waals surface area contributed by atoms with E-state index in [0.717, 1.165) is 0 Å². The topological polar surface area (TPSA) is 114 Å². The first kappa shape index (κ1) is 16.2. The Morgan fingerprint density at radius 3 is 1.59 bits per heavy atom. The normalized spacial score (nSPS) is 24.3. The molecule has 0 spiro atoms. The third-order valence-electron chi connectivity index (χ3n) is 4.35. The maximum atomic E-state index is 9.45. The van der Waals surface area contributed by atoms with E-state index < -0.39 is 16.6 Å². The first-order chi connectivity index (χ1) is 10.4. The van der Waals surface area contributed by atoms with E-state index in [1.54, 1.807) is 0 Å². The van der Waals surface area contributed by atoms with Crippen LogP contribution in [0.2, 0.25) is 0 Å². The van der Waals surface area contributed by atoms with Gasteiger partial charge in [0.1, 0.15) is 11.5 Å². The molecule has 1 unspecified atom stereocenters. The fraction of sp³-hybridized carbons (Fsp3) is 0.600. The van der Waals surface area contributed by atoms with Crippen LogP contribution < -0.4 is 0 Å². The van der Waals surface area contributed by atoms with Crippen LogP contribution in [0.3, 0.4) is 0 Å². The summed E-state index contributed by atoms with van der Waals surface area (Å²) in [6.45, 7) is 3.76. The second-order valence-electron chi connectivity index (χ2n) is 5.44. The molecule has 112 valence electrons. The molecule has 0 bridgehead atoms. The van der Waals surface area contributed by atoms with Crippen molar-refractivity contribution in [2.75, 3.05) is 0 Å². The second kappa shape index (κ2) is 5.20. The molecule has 22 heavy (non-hydrogen) atoms. The SMILES string of the molecule is CCC1(C(C)Br)OC2=C(CC(C#N)(C#N)C(C#N)(C#N)C2)O1. The van der Waals surface area contributed by atoms with E-state index in [-0.39, 0.29) is 17.7 Å². The molecule has 0 saturated carbocycles. The molecule has 1 atom stereocenters. The molecule has 0 saturated heterocycles. The van der Waals surface area contributed by atoms with E-state index in [1.807, 2.05) is 38.1 Å². The van der Waals surface area contributed by atoms with Crippen LogP contribution in [0.25, 0.3) is 0 Å². The van der Waals surface area contributed by atoms with Gasteiger partial charge in [-0.1, -0.05) is 22.9 Å². The van der Waals surface area contributed by atoms with Crippen LogP contribution >= 0.6 is 15.9 Å². The van der Waals surface area contributed by atoms with Crippen LogP contribution in [0.4, 0.5) is 0 Å². The molecule has 0 N–H and O–H groups in total. The van der Waals surface area contributed by atoms with Crippen molar-refractivity contribution < 1.29 is 9.47 Å². The third kappa shape index (κ3) is 1.87. The minimum absolute atomic E-state index is 0.127. The number of nitrogens with zero attached hydrogens (tertiary/aromatic N) is 4. The van der Waals surface area contributed by atoms with Crippen molar-refractivity contribution in [3.05, 3.63) is 11.5 Å². The van der Waals surface area contributed by atoms with Crippen LogP contribution in [-0.2, 0) is 9.47 Å². The first-order valence-electron chi connectivity index (χ1n) is 6.77. The lowest BCUT2D eigenvalue weighted by molar-refractivity contribution is -0.153. The van der Waals surface area contributed by atoms with Gasteiger partial charge in [0, 0.05) is 19.3 Å². The van der Waals surface area contributed by atoms with Crippen molar-refractivity contribution in [1.29, 1.82) is 21.0 Å². The quantitative estimate of drug-likeness (QED) is 0.699. The molecule has 2 aliphatic rings. The van der Waals surface area contributed by atoms with Gasteiger partial charge in [-0.25, -0.2) is 0 Å². The highest BCUT2D eigenvalue weighted by Gasteiger charge is 2.62. The van der Waals surface area contributed by atoms with Gasteiger partial charge in [0.25, 0.3) is 5.79 Å². The zero-order valence-corrected chi connectivity index (χ0v) is 13.8. The van der Waals surface area contributed by atoms with Crippen LogP contribution in [-0.4, -0.2) is 10.6 Å². The van der Waals surface area contributed by atoms with Crippen LogP contribution in [0, 0.1) is 56.2 Å². The number of allylic oxidation sites excluding steroid dienone is 2. The van der Waals surface area contributed by atoms with E-state index in [2.05, 4.69) is 15.9 Å². The largest absolute Gasteiger partial charge is 0.452 e. The lowest BCUT2D eigenvalue weighted by atomic mass is 9.59. The zero-order chi connectivity index (χ0) is 16.6. The van der Waals surface area contributed by atoms with E-state index in [1.165, 1.54) is 0 Å². The number of ether oxygens (including phenoxy) is 2. The molecule has 2 rings (SSSR count). The molecular weight excluding hydrogens is 348 g/mol. The monoisotopic (exact) mass is 360 g/mol. The lowest BCUT2D eigenvalue weighted by Gasteiger charge is -2.33. The van der Waals surface area contributed by atoms with E-state index >= 15 is 0 Å². The summed E-state index contributed by atoms with van der Waals surface area (Å²) in [6, 6.07) is 7.44. The summed E-state index contributed by atoms with van der Waals surface area (Å²) >= 11 is 3.44. The average Bonchev–Trinajstić information content (AvgIpc) is 2.91. The maximum Gasteiger partial charge on any atom is 0.262 e. The van der Waals surface area contributed by atoms with E-state index in [9.17, 15) is 21.0 Å². The van der Waals surface area contributed by atoms with Crippen molar-refractivity contribution in [2.24, 2.45) is 10.8 Å². The van der Waals surface area contributed by atoms with Crippen molar-refractivity contribution in [3.63, 3.8) is 0 Å². The van der Waals surface area contributed by atoms with E-state index in [0.29, 0.717) is 17.9 Å². The van der Waals surface area contributed by atoms with Gasteiger partial charge >= 0.3 is 0 Å². The minimum atomic E-state index is -1.77. The fourth-order valence-electron chi connectivity index (χ4n) is 2.78. The summed E-state index contributed by atoms with van der Waals surface area (Å²) in [5.74, 6) is -0.169. The summed E-state index contributed by atoms with van der Waals surface area (Å²) in [5, 5.41) is 37.8. The number of hydrogen-bond acceptors (Lipinski definition) is 6. The molecule has 0 fully saturated rings. The fourth-order valence-corrected chi connectivity index (χ4v) is 3.29. The molecule has 0 amide bonds. The van der Waals surface area contributed by atoms with Gasteiger partial charge in [-0.05, 0) is 6.92 Å².